The Bertz CT molecular complexity index is 375. The molecule has 0 fully saturated rings. The van der Waals surface area contributed by atoms with E-state index in [1.165, 1.54) is 75.6 Å². The molecule has 21 heavy (non-hydrogen) atoms. The molecule has 1 unspecified atom stereocenters. The molecule has 1 heterocycles. The summed E-state index contributed by atoms with van der Waals surface area (Å²) in [6.07, 6.45) is 14.7. The van der Waals surface area contributed by atoms with E-state index in [2.05, 4.69) is 25.1 Å². The predicted octanol–water partition coefficient (Wildman–Crippen LogP) is 6.44. The summed E-state index contributed by atoms with van der Waals surface area (Å²) in [7, 11) is 0. The third-order valence-electron chi connectivity index (χ3n) is 4.46. The van der Waals surface area contributed by atoms with E-state index in [4.69, 9.17) is 4.98 Å². The number of aryl methyl sites for hydroxylation is 1. The molecule has 0 aliphatic heterocycles. The van der Waals surface area contributed by atoms with Crippen LogP contribution in [0.3, 0.4) is 0 Å². The van der Waals surface area contributed by atoms with E-state index < -0.39 is 0 Å². The zero-order valence-corrected chi connectivity index (χ0v) is 15.4. The quantitative estimate of drug-likeness (QED) is 0.415. The summed E-state index contributed by atoms with van der Waals surface area (Å²) in [4.78, 5) is 4.70. The zero-order valence-electron chi connectivity index (χ0n) is 14.6. The monoisotopic (exact) mass is 310 g/mol. The molecule has 0 amide bonds. The highest BCUT2D eigenvalue weighted by Gasteiger charge is 2.29. The van der Waals surface area contributed by atoms with E-state index in [0.717, 1.165) is 5.82 Å². The van der Waals surface area contributed by atoms with Crippen molar-refractivity contribution in [3.63, 3.8) is 0 Å². The van der Waals surface area contributed by atoms with Gasteiger partial charge in [0.25, 0.3) is 0 Å². The molecule has 0 radical (unpaired) electrons. The number of nitrogens with zero attached hydrogens (tertiary/aromatic N) is 2. The van der Waals surface area contributed by atoms with Crippen molar-refractivity contribution in [3.8, 4) is 0 Å². The summed E-state index contributed by atoms with van der Waals surface area (Å²) in [5, 5.41) is 1.27. The smallest absolute Gasteiger partial charge is 0.139 e. The summed E-state index contributed by atoms with van der Waals surface area (Å²) in [5.41, 5.74) is 0.256. The number of rotatable bonds is 12. The van der Waals surface area contributed by atoms with E-state index in [1.807, 2.05) is 6.92 Å². The van der Waals surface area contributed by atoms with Crippen LogP contribution in [0, 0.1) is 6.92 Å². The summed E-state index contributed by atoms with van der Waals surface area (Å²) >= 11 is 1.63. The molecule has 3 heteroatoms. The lowest BCUT2D eigenvalue weighted by molar-refractivity contribution is 0.362. The number of unbranched alkanes of at least 4 members (excludes halogenated alkanes) is 7. The Morgan fingerprint density at radius 3 is 1.86 bits per heavy atom. The van der Waals surface area contributed by atoms with Crippen LogP contribution < -0.4 is 0 Å². The maximum absolute atomic E-state index is 4.70. The molecule has 122 valence electrons. The molecule has 0 aliphatic carbocycles. The molecule has 0 aliphatic rings. The average Bonchev–Trinajstić information content (AvgIpc) is 2.91. The van der Waals surface area contributed by atoms with Crippen molar-refractivity contribution >= 4 is 11.5 Å². The lowest BCUT2D eigenvalue weighted by Crippen LogP contribution is -2.22. The molecular formula is C18H34N2S. The van der Waals surface area contributed by atoms with Gasteiger partial charge in [0, 0.05) is 5.41 Å². The minimum absolute atomic E-state index is 0.256. The first-order valence-electron chi connectivity index (χ1n) is 8.93. The van der Waals surface area contributed by atoms with E-state index >= 15 is 0 Å². The molecule has 1 rings (SSSR count). The van der Waals surface area contributed by atoms with Crippen molar-refractivity contribution in [1.29, 1.82) is 0 Å². The molecule has 0 N–H and O–H groups in total. The van der Waals surface area contributed by atoms with E-state index in [0.29, 0.717) is 0 Å². The van der Waals surface area contributed by atoms with Crippen LogP contribution in [0.1, 0.15) is 102 Å². The van der Waals surface area contributed by atoms with E-state index in [9.17, 15) is 0 Å². The second-order valence-electron chi connectivity index (χ2n) is 6.68. The van der Waals surface area contributed by atoms with Crippen molar-refractivity contribution in [2.75, 3.05) is 0 Å². The maximum atomic E-state index is 4.70. The topological polar surface area (TPSA) is 25.8 Å². The molecule has 2 nitrogen and oxygen atoms in total. The Morgan fingerprint density at radius 1 is 0.857 bits per heavy atom. The fourth-order valence-corrected chi connectivity index (χ4v) is 3.80. The Morgan fingerprint density at radius 2 is 1.38 bits per heavy atom. The van der Waals surface area contributed by atoms with Crippen LogP contribution in [0.4, 0.5) is 0 Å². The van der Waals surface area contributed by atoms with Crippen molar-refractivity contribution < 1.29 is 0 Å². The molecule has 0 aromatic carbocycles. The highest BCUT2D eigenvalue weighted by molar-refractivity contribution is 7.05. The van der Waals surface area contributed by atoms with Crippen LogP contribution in [0.15, 0.2) is 0 Å². The largest absolute Gasteiger partial charge is 0.224 e. The van der Waals surface area contributed by atoms with E-state index in [1.54, 1.807) is 11.5 Å². The Kier molecular flexibility index (Phi) is 9.14. The summed E-state index contributed by atoms with van der Waals surface area (Å²) in [5.74, 6) is 0.945. The summed E-state index contributed by atoms with van der Waals surface area (Å²) in [6, 6.07) is 0. The zero-order chi connectivity index (χ0) is 15.6. The third kappa shape index (κ3) is 6.90. The molecule has 0 spiro atoms. The van der Waals surface area contributed by atoms with Gasteiger partial charge < -0.3 is 0 Å². The number of hydrogen-bond acceptors (Lipinski definition) is 3. The van der Waals surface area contributed by atoms with Crippen LogP contribution in [-0.2, 0) is 5.41 Å². The lowest BCUT2D eigenvalue weighted by Gasteiger charge is -2.27. The normalized spacial score (nSPS) is 14.3. The number of aromatic nitrogens is 2. The third-order valence-corrected chi connectivity index (χ3v) is 5.57. The van der Waals surface area contributed by atoms with Gasteiger partial charge in [0.2, 0.25) is 0 Å². The van der Waals surface area contributed by atoms with Crippen LogP contribution in [0.2, 0.25) is 0 Å². The van der Waals surface area contributed by atoms with Crippen molar-refractivity contribution in [1.82, 2.24) is 9.36 Å². The Balaban J connectivity index is 2.52. The number of hydrogen-bond donors (Lipinski definition) is 0. The second-order valence-corrected chi connectivity index (χ2v) is 7.43. The standard InChI is InChI=1S/C18H34N2S/c1-5-7-9-11-13-15-18(4,14-12-10-8-6-2)17-19-16(3)20-21-17/h5-15H2,1-4H3. The first kappa shape index (κ1) is 18.6. The van der Waals surface area contributed by atoms with Gasteiger partial charge in [0.1, 0.15) is 10.8 Å². The van der Waals surface area contributed by atoms with Crippen molar-refractivity contribution in [2.24, 2.45) is 0 Å². The van der Waals surface area contributed by atoms with Gasteiger partial charge in [-0.2, -0.15) is 4.37 Å². The predicted molar refractivity (Wildman–Crippen MR) is 94.1 cm³/mol. The van der Waals surface area contributed by atoms with Crippen LogP contribution in [0.25, 0.3) is 0 Å². The Labute approximate surface area is 135 Å². The van der Waals surface area contributed by atoms with Gasteiger partial charge in [-0.05, 0) is 31.3 Å². The SMILES string of the molecule is CCCCCCCC(C)(CCCCCC)c1nc(C)ns1. The first-order chi connectivity index (χ1) is 10.1. The summed E-state index contributed by atoms with van der Waals surface area (Å²) in [6.45, 7) is 8.99. The van der Waals surface area contributed by atoms with Crippen molar-refractivity contribution in [2.45, 2.75) is 104 Å². The van der Waals surface area contributed by atoms with Crippen LogP contribution >= 0.6 is 11.5 Å². The van der Waals surface area contributed by atoms with E-state index in [-0.39, 0.29) is 5.41 Å². The fraction of sp³-hybridized carbons (Fsp3) is 0.889. The lowest BCUT2D eigenvalue weighted by atomic mass is 9.80. The molecule has 1 atom stereocenters. The van der Waals surface area contributed by atoms with Gasteiger partial charge >= 0.3 is 0 Å². The molecule has 1 aromatic rings. The maximum Gasteiger partial charge on any atom is 0.139 e. The van der Waals surface area contributed by atoms with Gasteiger partial charge in [-0.3, -0.25) is 0 Å². The minimum Gasteiger partial charge on any atom is -0.224 e. The highest BCUT2D eigenvalue weighted by atomic mass is 32.1. The molecule has 0 bridgehead atoms. The van der Waals surface area contributed by atoms with Gasteiger partial charge in [0.15, 0.2) is 0 Å². The Hall–Kier alpha value is -0.440. The first-order valence-corrected chi connectivity index (χ1v) is 9.70. The molecular weight excluding hydrogens is 276 g/mol. The minimum atomic E-state index is 0.256. The van der Waals surface area contributed by atoms with Crippen molar-refractivity contribution in [3.05, 3.63) is 10.8 Å². The average molecular weight is 311 g/mol. The van der Waals surface area contributed by atoms with Crippen LogP contribution in [-0.4, -0.2) is 9.36 Å². The van der Waals surface area contributed by atoms with Gasteiger partial charge in [-0.1, -0.05) is 78.6 Å². The molecule has 0 saturated heterocycles. The van der Waals surface area contributed by atoms with Crippen LogP contribution in [0.5, 0.6) is 0 Å². The van der Waals surface area contributed by atoms with Gasteiger partial charge in [0.05, 0.1) is 0 Å². The highest BCUT2D eigenvalue weighted by Crippen LogP contribution is 2.36. The van der Waals surface area contributed by atoms with Gasteiger partial charge in [-0.25, -0.2) is 4.98 Å². The second kappa shape index (κ2) is 10.3. The summed E-state index contributed by atoms with van der Waals surface area (Å²) < 4.78 is 4.42. The van der Waals surface area contributed by atoms with Gasteiger partial charge in [-0.15, -0.1) is 0 Å². The molecule has 1 aromatic heterocycles. The molecule has 0 saturated carbocycles. The fourth-order valence-electron chi connectivity index (χ4n) is 2.94.